The van der Waals surface area contributed by atoms with Crippen molar-refractivity contribution in [2.75, 3.05) is 0 Å². The van der Waals surface area contributed by atoms with Gasteiger partial charge in [-0.2, -0.15) is 0 Å². The lowest BCUT2D eigenvalue weighted by atomic mass is 9.82. The van der Waals surface area contributed by atoms with Gasteiger partial charge in [-0.25, -0.2) is 4.98 Å². The Labute approximate surface area is 242 Å². The lowest BCUT2D eigenvalue weighted by Crippen LogP contribution is -2.14. The van der Waals surface area contributed by atoms with E-state index in [2.05, 4.69) is 122 Å². The number of hydrogen-bond acceptors (Lipinski definition) is 4. The van der Waals surface area contributed by atoms with Crippen LogP contribution < -0.4 is 0 Å². The van der Waals surface area contributed by atoms with Crippen LogP contribution in [0.1, 0.15) is 25.0 Å². The summed E-state index contributed by atoms with van der Waals surface area (Å²) in [5.41, 5.74) is 10.3. The average molecular weight is 540 g/mol. The van der Waals surface area contributed by atoms with Gasteiger partial charge in [-0.3, -0.25) is 9.55 Å². The van der Waals surface area contributed by atoms with Crippen LogP contribution in [0.25, 0.3) is 71.8 Å². The minimum absolute atomic E-state index is 0.109. The number of benzene rings is 5. The summed E-state index contributed by atoms with van der Waals surface area (Å²) >= 11 is 0. The third-order valence-electron chi connectivity index (χ3n) is 8.99. The van der Waals surface area contributed by atoms with Crippen LogP contribution in [0.15, 0.2) is 116 Å². The van der Waals surface area contributed by atoms with Crippen molar-refractivity contribution in [3.63, 3.8) is 0 Å². The number of para-hydroxylation sites is 1. The summed E-state index contributed by atoms with van der Waals surface area (Å²) in [7, 11) is 0. The van der Waals surface area contributed by atoms with Crippen LogP contribution in [0.2, 0.25) is 0 Å². The van der Waals surface area contributed by atoms with Crippen molar-refractivity contribution in [1.29, 1.82) is 0 Å². The van der Waals surface area contributed by atoms with Crippen LogP contribution >= 0.6 is 0 Å². The molecule has 0 radical (unpaired) electrons. The molecule has 0 saturated heterocycles. The average Bonchev–Trinajstić information content (AvgIpc) is 3.48. The van der Waals surface area contributed by atoms with E-state index < -0.39 is 0 Å². The van der Waals surface area contributed by atoms with Crippen molar-refractivity contribution in [2.45, 2.75) is 19.3 Å². The van der Waals surface area contributed by atoms with Crippen molar-refractivity contribution in [3.05, 3.63) is 127 Å². The van der Waals surface area contributed by atoms with Crippen LogP contribution in [-0.4, -0.2) is 24.7 Å². The van der Waals surface area contributed by atoms with E-state index in [1.165, 1.54) is 43.8 Å². The molecule has 0 bridgehead atoms. The van der Waals surface area contributed by atoms with E-state index >= 15 is 0 Å². The van der Waals surface area contributed by atoms with Gasteiger partial charge >= 0.3 is 0 Å². The van der Waals surface area contributed by atoms with E-state index in [0.717, 1.165) is 33.3 Å². The minimum Gasteiger partial charge on any atom is -0.290 e. The fraction of sp³-hybridized carbons (Fsp3) is 0.0811. The molecule has 1 aliphatic carbocycles. The van der Waals surface area contributed by atoms with Crippen LogP contribution in [0.4, 0.5) is 0 Å². The van der Waals surface area contributed by atoms with E-state index in [0.29, 0.717) is 5.82 Å². The Balaban J connectivity index is 1.36. The normalized spacial score (nSPS) is 13.7. The summed E-state index contributed by atoms with van der Waals surface area (Å²) in [5.74, 6) is 0.677. The molecule has 0 N–H and O–H groups in total. The zero-order valence-electron chi connectivity index (χ0n) is 23.2. The zero-order chi connectivity index (χ0) is 28.0. The first-order chi connectivity index (χ1) is 20.6. The van der Waals surface area contributed by atoms with Gasteiger partial charge < -0.3 is 0 Å². The molecule has 3 heterocycles. The van der Waals surface area contributed by atoms with Crippen LogP contribution in [-0.2, 0) is 5.41 Å². The molecule has 0 amide bonds. The lowest BCUT2D eigenvalue weighted by Gasteiger charge is -2.21. The molecule has 5 nitrogen and oxygen atoms in total. The summed E-state index contributed by atoms with van der Waals surface area (Å²) in [6.45, 7) is 4.58. The molecule has 8 aromatic rings. The van der Waals surface area contributed by atoms with Gasteiger partial charge in [0.1, 0.15) is 16.7 Å². The molecule has 3 aromatic heterocycles. The first-order valence-corrected chi connectivity index (χ1v) is 14.2. The molecule has 9 rings (SSSR count). The number of rotatable bonds is 2. The van der Waals surface area contributed by atoms with Gasteiger partial charge in [-0.05, 0) is 51.2 Å². The highest BCUT2D eigenvalue weighted by Gasteiger charge is 2.37. The molecule has 0 unspecified atom stereocenters. The summed E-state index contributed by atoms with van der Waals surface area (Å²) < 4.78 is 2.19. The number of nitrogens with zero attached hydrogens (tertiary/aromatic N) is 5. The molecule has 42 heavy (non-hydrogen) atoms. The van der Waals surface area contributed by atoms with Gasteiger partial charge in [0, 0.05) is 34.1 Å². The molecule has 5 heteroatoms. The van der Waals surface area contributed by atoms with Gasteiger partial charge in [0.15, 0.2) is 5.82 Å². The number of hydrogen-bond donors (Lipinski definition) is 0. The van der Waals surface area contributed by atoms with E-state index in [9.17, 15) is 0 Å². The topological polar surface area (TPSA) is 56.5 Å². The first kappa shape index (κ1) is 23.3. The Morgan fingerprint density at radius 3 is 2.14 bits per heavy atom. The minimum atomic E-state index is -0.109. The third-order valence-corrected chi connectivity index (χ3v) is 8.99. The summed E-state index contributed by atoms with van der Waals surface area (Å²) in [6.07, 6.45) is 3.49. The second-order valence-corrected chi connectivity index (χ2v) is 11.6. The maximum Gasteiger partial charge on any atom is 0.188 e. The maximum absolute atomic E-state index is 4.93. The Bertz CT molecular complexity index is 2400. The Morgan fingerprint density at radius 2 is 1.26 bits per heavy atom. The second-order valence-electron chi connectivity index (χ2n) is 11.6. The van der Waals surface area contributed by atoms with E-state index in [1.54, 1.807) is 12.4 Å². The highest BCUT2D eigenvalue weighted by atomic mass is 15.2. The van der Waals surface area contributed by atoms with Crippen molar-refractivity contribution in [2.24, 2.45) is 0 Å². The smallest absolute Gasteiger partial charge is 0.188 e. The molecular formula is C37H25N5. The van der Waals surface area contributed by atoms with Gasteiger partial charge in [0.05, 0.1) is 11.0 Å². The Kier molecular flexibility index (Phi) is 4.61. The highest BCUT2D eigenvalue weighted by Crippen LogP contribution is 2.52. The molecule has 0 atom stereocenters. The first-order valence-electron chi connectivity index (χ1n) is 14.2. The van der Waals surface area contributed by atoms with E-state index in [1.807, 2.05) is 0 Å². The van der Waals surface area contributed by atoms with Crippen LogP contribution in [0.5, 0.6) is 0 Å². The molecule has 0 spiro atoms. The van der Waals surface area contributed by atoms with Crippen molar-refractivity contribution >= 4 is 43.6 Å². The largest absolute Gasteiger partial charge is 0.290 e. The summed E-state index contributed by atoms with van der Waals surface area (Å²) in [5, 5.41) is 14.6. The SMILES string of the molecule is CC1(C)c2ccccc2-c2c(-c3nnc(-n4c5ccccc5c5cc6ccccc6cc54)c4nccnc34)cccc21. The summed E-state index contributed by atoms with van der Waals surface area (Å²) in [4.78, 5) is 9.76. The predicted molar refractivity (Wildman–Crippen MR) is 170 cm³/mol. The molecular weight excluding hydrogens is 514 g/mol. The molecule has 0 aliphatic heterocycles. The molecule has 5 aromatic carbocycles. The molecule has 198 valence electrons. The zero-order valence-corrected chi connectivity index (χ0v) is 23.2. The lowest BCUT2D eigenvalue weighted by molar-refractivity contribution is 0.660. The van der Waals surface area contributed by atoms with E-state index in [-0.39, 0.29) is 5.41 Å². The van der Waals surface area contributed by atoms with Gasteiger partial charge in [-0.1, -0.05) is 98.8 Å². The fourth-order valence-corrected chi connectivity index (χ4v) is 7.03. The second kappa shape index (κ2) is 8.30. The van der Waals surface area contributed by atoms with Gasteiger partial charge in [0.2, 0.25) is 0 Å². The van der Waals surface area contributed by atoms with Gasteiger partial charge in [0.25, 0.3) is 0 Å². The Morgan fingerprint density at radius 1 is 0.571 bits per heavy atom. The quantitative estimate of drug-likeness (QED) is 0.221. The standard InChI is InChI=1S/C37H25N5/c1-37(2)28-15-7-5-13-25(28)32-26(14-9-16-29(32)37)33-34-35(39-19-18-38-34)36(41-40-33)42-30-17-8-6-12-24(30)27-20-22-10-3-4-11-23(22)21-31(27)42/h3-21H,1-2H3. The summed E-state index contributed by atoms with van der Waals surface area (Å²) in [6, 6.07) is 36.6. The number of fused-ring (bicyclic) bond motifs is 8. The molecule has 1 aliphatic rings. The van der Waals surface area contributed by atoms with Crippen molar-refractivity contribution in [3.8, 4) is 28.2 Å². The number of aromatic nitrogens is 5. The van der Waals surface area contributed by atoms with E-state index in [4.69, 9.17) is 20.2 Å². The third kappa shape index (κ3) is 3.02. The fourth-order valence-electron chi connectivity index (χ4n) is 7.03. The van der Waals surface area contributed by atoms with Crippen LogP contribution in [0, 0.1) is 0 Å². The molecule has 0 fully saturated rings. The van der Waals surface area contributed by atoms with Crippen molar-refractivity contribution < 1.29 is 0 Å². The van der Waals surface area contributed by atoms with Crippen LogP contribution in [0.3, 0.4) is 0 Å². The molecule has 0 saturated carbocycles. The van der Waals surface area contributed by atoms with Gasteiger partial charge in [-0.15, -0.1) is 10.2 Å². The Hall–Kier alpha value is -5.42. The predicted octanol–water partition coefficient (Wildman–Crippen LogP) is 8.64. The highest BCUT2D eigenvalue weighted by molar-refractivity contribution is 6.14. The monoisotopic (exact) mass is 539 g/mol. The maximum atomic E-state index is 4.93. The van der Waals surface area contributed by atoms with Crippen molar-refractivity contribution in [1.82, 2.24) is 24.7 Å².